The highest BCUT2D eigenvalue weighted by molar-refractivity contribution is 7.89. The molecule has 0 radical (unpaired) electrons. The van der Waals surface area contributed by atoms with Crippen LogP contribution in [0.15, 0.2) is 52.0 Å². The van der Waals surface area contributed by atoms with E-state index in [2.05, 4.69) is 5.32 Å². The molecule has 0 aliphatic rings. The van der Waals surface area contributed by atoms with Crippen molar-refractivity contribution in [3.05, 3.63) is 54.0 Å². The van der Waals surface area contributed by atoms with Crippen LogP contribution in [0.3, 0.4) is 0 Å². The number of ether oxygens (including phenoxy) is 1. The van der Waals surface area contributed by atoms with Gasteiger partial charge in [-0.2, -0.15) is 9.98 Å². The van der Waals surface area contributed by atoms with E-state index in [1.54, 1.807) is 25.1 Å². The number of nitriles is 1. The molecule has 0 aliphatic heterocycles. The zero-order valence-electron chi connectivity index (χ0n) is 14.3. The van der Waals surface area contributed by atoms with Crippen molar-refractivity contribution in [1.82, 2.24) is 10.0 Å². The minimum atomic E-state index is -4.07. The maximum atomic E-state index is 12.2. The van der Waals surface area contributed by atoms with Gasteiger partial charge in [0.1, 0.15) is 18.4 Å². The molecule has 1 amide bonds. The Morgan fingerprint density at radius 2 is 2.00 bits per heavy atom. The number of nitrogens with one attached hydrogen (secondary N) is 2. The lowest BCUT2D eigenvalue weighted by atomic mass is 10.2. The number of rotatable bonds is 8. The van der Waals surface area contributed by atoms with Crippen molar-refractivity contribution in [3.8, 4) is 6.07 Å². The number of amides is 1. The molecule has 10 heteroatoms. The minimum absolute atomic E-state index is 0.0512. The molecule has 0 saturated heterocycles. The zero-order chi connectivity index (χ0) is 19.9. The Labute approximate surface area is 156 Å². The first kappa shape index (κ1) is 20.2. The summed E-state index contributed by atoms with van der Waals surface area (Å²) in [6.07, 6.45) is 1.47. The summed E-state index contributed by atoms with van der Waals surface area (Å²) in [6, 6.07) is 10.3. The van der Waals surface area contributed by atoms with E-state index < -0.39 is 41.1 Å². The second kappa shape index (κ2) is 8.98. The normalized spacial score (nSPS) is 12.0. The van der Waals surface area contributed by atoms with Gasteiger partial charge in [-0.05, 0) is 31.2 Å². The molecule has 2 N–H and O–H groups in total. The number of hydrogen-bond donors (Lipinski definition) is 2. The van der Waals surface area contributed by atoms with Crippen LogP contribution in [-0.4, -0.2) is 33.4 Å². The molecule has 9 nitrogen and oxygen atoms in total. The second-order valence-corrected chi connectivity index (χ2v) is 7.13. The van der Waals surface area contributed by atoms with Crippen LogP contribution >= 0.6 is 0 Å². The van der Waals surface area contributed by atoms with Crippen molar-refractivity contribution < 1.29 is 27.2 Å². The number of sulfonamides is 1. The maximum absolute atomic E-state index is 12.2. The number of furan rings is 1. The average Bonchev–Trinajstić information content (AvgIpc) is 3.19. The molecule has 142 valence electrons. The summed E-state index contributed by atoms with van der Waals surface area (Å²) < 4.78 is 36.3. The van der Waals surface area contributed by atoms with Crippen LogP contribution in [0, 0.1) is 11.3 Å². The molecular formula is C17H17N3O6S. The van der Waals surface area contributed by atoms with Gasteiger partial charge < -0.3 is 14.5 Å². The maximum Gasteiger partial charge on any atom is 0.321 e. The predicted octanol–water partition coefficient (Wildman–Crippen LogP) is 0.850. The molecule has 1 aromatic carbocycles. The van der Waals surface area contributed by atoms with Gasteiger partial charge in [0.2, 0.25) is 10.0 Å². The number of carbonyl (C=O) groups excluding carboxylic acids is 2. The SMILES string of the molecule is C[C@H](NC(=O)COC(=O)CNS(=O)(=O)c1ccccc1C#N)c1ccco1. The lowest BCUT2D eigenvalue weighted by Crippen LogP contribution is -2.34. The first-order chi connectivity index (χ1) is 12.8. The van der Waals surface area contributed by atoms with Crippen LogP contribution in [0.2, 0.25) is 0 Å². The van der Waals surface area contributed by atoms with Crippen LogP contribution < -0.4 is 10.0 Å². The summed E-state index contributed by atoms with van der Waals surface area (Å²) in [5.41, 5.74) is -0.0512. The van der Waals surface area contributed by atoms with Gasteiger partial charge in [-0.3, -0.25) is 9.59 Å². The van der Waals surface area contributed by atoms with Crippen molar-refractivity contribution >= 4 is 21.9 Å². The summed E-state index contributed by atoms with van der Waals surface area (Å²) in [4.78, 5) is 23.2. The van der Waals surface area contributed by atoms with Gasteiger partial charge in [-0.25, -0.2) is 8.42 Å². The molecule has 2 rings (SSSR count). The van der Waals surface area contributed by atoms with Gasteiger partial charge in [-0.1, -0.05) is 12.1 Å². The van der Waals surface area contributed by atoms with E-state index >= 15 is 0 Å². The van der Waals surface area contributed by atoms with E-state index in [1.165, 1.54) is 30.5 Å². The van der Waals surface area contributed by atoms with Crippen molar-refractivity contribution in [2.24, 2.45) is 0 Å². The fourth-order valence-electron chi connectivity index (χ4n) is 2.11. The number of carbonyl (C=O) groups is 2. The summed E-state index contributed by atoms with van der Waals surface area (Å²) in [5.74, 6) is -0.961. The van der Waals surface area contributed by atoms with Crippen molar-refractivity contribution in [2.45, 2.75) is 17.9 Å². The third-order valence-electron chi connectivity index (χ3n) is 3.42. The van der Waals surface area contributed by atoms with Crippen LogP contribution in [-0.2, 0) is 24.3 Å². The largest absolute Gasteiger partial charge is 0.467 e. The fraction of sp³-hybridized carbons (Fsp3) is 0.235. The fourth-order valence-corrected chi connectivity index (χ4v) is 3.24. The molecular weight excluding hydrogens is 374 g/mol. The van der Waals surface area contributed by atoms with E-state index in [1.807, 2.05) is 4.72 Å². The topological polar surface area (TPSA) is 138 Å². The Balaban J connectivity index is 1.82. The Morgan fingerprint density at radius 1 is 1.26 bits per heavy atom. The Kier molecular flexibility index (Phi) is 6.70. The minimum Gasteiger partial charge on any atom is -0.467 e. The average molecular weight is 391 g/mol. The summed E-state index contributed by atoms with van der Waals surface area (Å²) >= 11 is 0. The van der Waals surface area contributed by atoms with Gasteiger partial charge in [0.05, 0.1) is 22.8 Å². The lowest BCUT2D eigenvalue weighted by molar-refractivity contribution is -0.147. The molecule has 0 unspecified atom stereocenters. The first-order valence-electron chi connectivity index (χ1n) is 7.80. The van der Waals surface area contributed by atoms with E-state index in [4.69, 9.17) is 14.4 Å². The van der Waals surface area contributed by atoms with Crippen LogP contribution in [0.5, 0.6) is 0 Å². The highest BCUT2D eigenvalue weighted by Gasteiger charge is 2.20. The monoisotopic (exact) mass is 391 g/mol. The number of nitrogens with zero attached hydrogens (tertiary/aromatic N) is 1. The summed E-state index contributed by atoms with van der Waals surface area (Å²) in [6.45, 7) is 0.447. The van der Waals surface area contributed by atoms with E-state index in [0.29, 0.717) is 5.76 Å². The predicted molar refractivity (Wildman–Crippen MR) is 92.6 cm³/mol. The van der Waals surface area contributed by atoms with E-state index in [0.717, 1.165) is 0 Å². The molecule has 1 aromatic heterocycles. The Bertz CT molecular complexity index is 947. The molecule has 0 fully saturated rings. The van der Waals surface area contributed by atoms with Gasteiger partial charge >= 0.3 is 5.97 Å². The van der Waals surface area contributed by atoms with Gasteiger partial charge in [0.25, 0.3) is 5.91 Å². The van der Waals surface area contributed by atoms with Crippen molar-refractivity contribution in [3.63, 3.8) is 0 Å². The molecule has 0 spiro atoms. The molecule has 0 bridgehead atoms. The molecule has 0 saturated carbocycles. The Morgan fingerprint density at radius 3 is 2.67 bits per heavy atom. The van der Waals surface area contributed by atoms with E-state index in [9.17, 15) is 18.0 Å². The van der Waals surface area contributed by atoms with Crippen LogP contribution in [0.25, 0.3) is 0 Å². The van der Waals surface area contributed by atoms with Gasteiger partial charge in [0, 0.05) is 0 Å². The lowest BCUT2D eigenvalue weighted by Gasteiger charge is -2.12. The molecule has 1 atom stereocenters. The molecule has 1 heterocycles. The third kappa shape index (κ3) is 5.67. The standard InChI is InChI=1S/C17H17N3O6S/c1-12(14-6-4-8-25-14)20-16(21)11-26-17(22)10-19-27(23,24)15-7-3-2-5-13(15)9-18/h2-8,12,19H,10-11H2,1H3,(H,20,21)/t12-/m0/s1. The van der Waals surface area contributed by atoms with E-state index in [-0.39, 0.29) is 10.5 Å². The zero-order valence-corrected chi connectivity index (χ0v) is 15.2. The van der Waals surface area contributed by atoms with Crippen molar-refractivity contribution in [1.29, 1.82) is 5.26 Å². The molecule has 27 heavy (non-hydrogen) atoms. The summed E-state index contributed by atoms with van der Waals surface area (Å²) in [7, 11) is -4.07. The second-order valence-electron chi connectivity index (χ2n) is 5.40. The smallest absolute Gasteiger partial charge is 0.321 e. The highest BCUT2D eigenvalue weighted by atomic mass is 32.2. The van der Waals surface area contributed by atoms with Gasteiger partial charge in [-0.15, -0.1) is 0 Å². The quantitative estimate of drug-likeness (QED) is 0.636. The third-order valence-corrected chi connectivity index (χ3v) is 4.87. The highest BCUT2D eigenvalue weighted by Crippen LogP contribution is 2.14. The number of benzene rings is 1. The number of hydrogen-bond acceptors (Lipinski definition) is 7. The molecule has 2 aromatic rings. The number of esters is 1. The van der Waals surface area contributed by atoms with Crippen LogP contribution in [0.4, 0.5) is 0 Å². The first-order valence-corrected chi connectivity index (χ1v) is 9.29. The van der Waals surface area contributed by atoms with Gasteiger partial charge in [0.15, 0.2) is 6.61 Å². The Hall–Kier alpha value is -3.16. The summed E-state index contributed by atoms with van der Waals surface area (Å²) in [5, 5.41) is 11.5. The van der Waals surface area contributed by atoms with Crippen molar-refractivity contribution in [2.75, 3.05) is 13.2 Å². The molecule has 0 aliphatic carbocycles. The van der Waals surface area contributed by atoms with Crippen LogP contribution in [0.1, 0.15) is 24.3 Å².